The van der Waals surface area contributed by atoms with Crippen molar-refractivity contribution in [3.8, 4) is 0 Å². The Hall–Kier alpha value is -0.420. The molecule has 1 rings (SSSR count). The van der Waals surface area contributed by atoms with Crippen LogP contribution < -0.4 is 8.17 Å². The van der Waals surface area contributed by atoms with Gasteiger partial charge in [0, 0.05) is 0 Å². The molecular weight excluding hydrogens is 154 g/mol. The molecule has 0 aliphatic heterocycles. The van der Waals surface area contributed by atoms with E-state index in [1.165, 1.54) is 8.17 Å². The highest BCUT2D eigenvalue weighted by atomic mass is 32.1. The summed E-state index contributed by atoms with van der Waals surface area (Å²) in [4.78, 5) is 0. The van der Waals surface area contributed by atoms with Crippen molar-refractivity contribution in [2.24, 2.45) is 0 Å². The topological polar surface area (TPSA) is 12.7 Å². The molecule has 5 heteroatoms. The summed E-state index contributed by atoms with van der Waals surface area (Å²) in [5.41, 5.74) is 0. The number of nitrogens with zero attached hydrogens (tertiary/aromatic N) is 3. The van der Waals surface area contributed by atoms with Gasteiger partial charge >= 0.3 is 0 Å². The second-order valence-corrected chi connectivity index (χ2v) is 2.41. The van der Waals surface area contributed by atoms with Crippen molar-refractivity contribution in [2.75, 3.05) is 0 Å². The van der Waals surface area contributed by atoms with Crippen LogP contribution in [0.2, 0.25) is 0 Å². The fraction of sp³-hybridized carbons (Fsp3) is 0.500. The molecule has 0 aliphatic rings. The van der Waals surface area contributed by atoms with E-state index in [1.807, 2.05) is 11.5 Å². The average molecular weight is 161 g/mol. The maximum atomic E-state index is 4.80. The van der Waals surface area contributed by atoms with Gasteiger partial charge in [0.2, 0.25) is 0 Å². The van der Waals surface area contributed by atoms with Crippen molar-refractivity contribution in [3.63, 3.8) is 0 Å². The molecule has 0 saturated carbocycles. The smallest absolute Gasteiger partial charge is 0.263 e. The number of aromatic nitrogens is 3. The lowest BCUT2D eigenvalue weighted by atomic mass is 10.7. The van der Waals surface area contributed by atoms with Crippen LogP contribution in [-0.2, 0) is 32.2 Å². The molecule has 0 atom stereocenters. The Labute approximate surface area is 65.0 Å². The molecule has 50 valence electrons. The molecule has 0 N–H and O–H groups in total. The first-order valence-corrected chi connectivity index (χ1v) is 3.35. The van der Waals surface area contributed by atoms with E-state index in [9.17, 15) is 0 Å². The molecule has 1 heterocycles. The monoisotopic (exact) mass is 161 g/mol. The first kappa shape index (κ1) is 6.70. The zero-order valence-corrected chi connectivity index (χ0v) is 6.65. The Bertz CT molecular complexity index is 188. The van der Waals surface area contributed by atoms with E-state index in [1.54, 1.807) is 12.7 Å². The van der Waals surface area contributed by atoms with E-state index in [0.29, 0.717) is 0 Å². The van der Waals surface area contributed by atoms with Crippen molar-refractivity contribution in [1.29, 1.82) is 0 Å². The second kappa shape index (κ2) is 2.45. The summed E-state index contributed by atoms with van der Waals surface area (Å²) in [6.45, 7) is 2.94. The molecule has 0 aliphatic carbocycles. The molecule has 0 saturated heterocycles. The highest BCUT2D eigenvalue weighted by Gasteiger charge is 1.94. The summed E-state index contributed by atoms with van der Waals surface area (Å²) in [5, 5.41) is 0. The Kier molecular flexibility index (Phi) is 1.82. The summed E-state index contributed by atoms with van der Waals surface area (Å²) in [6, 6.07) is 0. The van der Waals surface area contributed by atoms with Crippen LogP contribution in [0.15, 0.2) is 12.7 Å². The highest BCUT2D eigenvalue weighted by molar-refractivity contribution is 7.52. The maximum Gasteiger partial charge on any atom is 0.263 e. The Morgan fingerprint density at radius 1 is 1.33 bits per heavy atom. The van der Waals surface area contributed by atoms with Crippen molar-refractivity contribution in [1.82, 2.24) is 4.57 Å². The molecule has 0 fully saturated rings. The molecule has 9 heavy (non-hydrogen) atoms. The summed E-state index contributed by atoms with van der Waals surface area (Å²) in [6.07, 6.45) is 3.53. The van der Waals surface area contributed by atoms with Gasteiger partial charge in [-0.15, -0.1) is 0 Å². The van der Waals surface area contributed by atoms with Gasteiger partial charge in [0.25, 0.3) is 12.7 Å². The minimum atomic E-state index is 0.903. The third-order valence-corrected chi connectivity index (χ3v) is 1.70. The zero-order chi connectivity index (χ0) is 6.85. The number of hydrogen-bond acceptors (Lipinski definition) is 2. The largest absolute Gasteiger partial charge is 0.508 e. The van der Waals surface area contributed by atoms with Gasteiger partial charge in [0.1, 0.15) is 0 Å². The molecule has 0 aromatic carbocycles. The second-order valence-electron chi connectivity index (χ2n) is 1.67. The normalized spacial score (nSPS) is 9.89. The number of aryl methyl sites for hydroxylation is 1. The standard InChI is InChI=1S/C4H7N3S2/c1-2-5-3-6(8)7(9)4-5/h3-4H,2H2,1H3. The fourth-order valence-corrected chi connectivity index (χ4v) is 0.875. The van der Waals surface area contributed by atoms with Crippen molar-refractivity contribution in [2.45, 2.75) is 13.5 Å². The van der Waals surface area contributed by atoms with Crippen LogP contribution in [0, 0.1) is 0 Å². The van der Waals surface area contributed by atoms with E-state index in [0.717, 1.165) is 6.54 Å². The van der Waals surface area contributed by atoms with Gasteiger partial charge in [0.05, 0.1) is 6.54 Å². The van der Waals surface area contributed by atoms with Crippen LogP contribution in [0.25, 0.3) is 0 Å². The molecule has 0 bridgehead atoms. The Morgan fingerprint density at radius 3 is 2.00 bits per heavy atom. The average Bonchev–Trinajstić information content (AvgIpc) is 2.13. The van der Waals surface area contributed by atoms with E-state index in [4.69, 9.17) is 25.6 Å². The van der Waals surface area contributed by atoms with E-state index < -0.39 is 0 Å². The third-order valence-electron chi connectivity index (χ3n) is 1.05. The van der Waals surface area contributed by atoms with Gasteiger partial charge in [-0.05, 0) is 6.92 Å². The zero-order valence-electron chi connectivity index (χ0n) is 5.02. The number of hydrogen-bond donors (Lipinski definition) is 0. The van der Waals surface area contributed by atoms with Gasteiger partial charge in [-0.3, -0.25) is 0 Å². The van der Waals surface area contributed by atoms with Gasteiger partial charge < -0.3 is 25.6 Å². The van der Waals surface area contributed by atoms with Crippen LogP contribution >= 0.6 is 0 Å². The van der Waals surface area contributed by atoms with E-state index in [2.05, 4.69) is 0 Å². The minimum absolute atomic E-state index is 0.903. The summed E-state index contributed by atoms with van der Waals surface area (Å²) >= 11 is 9.59. The minimum Gasteiger partial charge on any atom is -0.508 e. The van der Waals surface area contributed by atoms with E-state index >= 15 is 0 Å². The van der Waals surface area contributed by atoms with Crippen molar-refractivity contribution in [3.05, 3.63) is 12.7 Å². The van der Waals surface area contributed by atoms with Gasteiger partial charge in [0.15, 0.2) is 0 Å². The Morgan fingerprint density at radius 2 is 1.78 bits per heavy atom. The summed E-state index contributed by atoms with van der Waals surface area (Å²) in [5.74, 6) is 0. The molecule has 0 radical (unpaired) electrons. The van der Waals surface area contributed by atoms with Crippen LogP contribution in [-0.4, -0.2) is 4.57 Å². The van der Waals surface area contributed by atoms with Crippen LogP contribution in [0.1, 0.15) is 6.92 Å². The predicted molar refractivity (Wildman–Crippen MR) is 36.0 cm³/mol. The predicted octanol–water partition coefficient (Wildman–Crippen LogP) is -1.30. The van der Waals surface area contributed by atoms with Gasteiger partial charge in [-0.1, -0.05) is 0 Å². The summed E-state index contributed by atoms with van der Waals surface area (Å²) in [7, 11) is 0. The number of rotatable bonds is 1. The maximum absolute atomic E-state index is 4.80. The lowest BCUT2D eigenvalue weighted by Crippen LogP contribution is -2.57. The van der Waals surface area contributed by atoms with Crippen LogP contribution in [0.4, 0.5) is 0 Å². The van der Waals surface area contributed by atoms with E-state index in [-0.39, 0.29) is 0 Å². The lowest BCUT2D eigenvalue weighted by molar-refractivity contribution is -1.08. The molecule has 0 amide bonds. The fourth-order valence-electron chi connectivity index (χ4n) is 0.549. The molecule has 1 aromatic heterocycles. The van der Waals surface area contributed by atoms with Gasteiger partial charge in [-0.2, -0.15) is 0 Å². The van der Waals surface area contributed by atoms with Gasteiger partial charge in [-0.25, -0.2) is 12.7 Å². The lowest BCUT2D eigenvalue weighted by Gasteiger charge is -2.00. The molecule has 0 unspecified atom stereocenters. The first-order valence-electron chi connectivity index (χ1n) is 2.62. The van der Waals surface area contributed by atoms with Crippen LogP contribution in [0.5, 0.6) is 0 Å². The van der Waals surface area contributed by atoms with Crippen molar-refractivity contribution < 1.29 is 8.17 Å². The third kappa shape index (κ3) is 1.28. The summed E-state index contributed by atoms with van der Waals surface area (Å²) < 4.78 is 4.78. The Balaban J connectivity index is 2.98. The highest BCUT2D eigenvalue weighted by Crippen LogP contribution is 1.74. The molecular formula is C4H7N3S2. The van der Waals surface area contributed by atoms with Crippen LogP contribution in [0.3, 0.4) is 0 Å². The quantitative estimate of drug-likeness (QED) is 0.375. The van der Waals surface area contributed by atoms with Crippen molar-refractivity contribution >= 4 is 25.6 Å². The molecule has 0 spiro atoms. The molecule has 1 aromatic rings. The molecule has 3 nitrogen and oxygen atoms in total. The SMILES string of the molecule is CCn1c[n+]([S-])[n+]([S-])c1. The first-order chi connectivity index (χ1) is 4.24.